The average Bonchev–Trinajstić information content (AvgIpc) is 2.41. The van der Waals surface area contributed by atoms with Gasteiger partial charge < -0.3 is 10.2 Å². The van der Waals surface area contributed by atoms with Gasteiger partial charge in [0.05, 0.1) is 5.25 Å². The molecule has 0 aliphatic rings. The molecule has 0 aliphatic carbocycles. The number of sulfone groups is 1. The van der Waals surface area contributed by atoms with E-state index < -0.39 is 26.7 Å². The molecule has 1 rings (SSSR count). The minimum absolute atomic E-state index is 0.484. The van der Waals surface area contributed by atoms with Crippen LogP contribution in [0.3, 0.4) is 0 Å². The summed E-state index contributed by atoms with van der Waals surface area (Å²) in [4.78, 5) is 14.0. The SMILES string of the molecule is CCN(CC)c1ccc(NC(=O)CS(=O)(=O)C(C)C)cc1. The normalized spacial score (nSPS) is 11.5. The molecule has 0 aliphatic heterocycles. The Morgan fingerprint density at radius 3 is 2.10 bits per heavy atom. The summed E-state index contributed by atoms with van der Waals surface area (Å²) in [6.45, 7) is 9.12. The lowest BCUT2D eigenvalue weighted by atomic mass is 10.2. The molecule has 5 nitrogen and oxygen atoms in total. The molecule has 118 valence electrons. The molecule has 6 heteroatoms. The first-order valence-corrected chi connectivity index (χ1v) is 8.88. The van der Waals surface area contributed by atoms with Crippen LogP contribution in [0.15, 0.2) is 24.3 Å². The number of hydrogen-bond donors (Lipinski definition) is 1. The van der Waals surface area contributed by atoms with E-state index in [-0.39, 0.29) is 0 Å². The van der Waals surface area contributed by atoms with E-state index in [0.29, 0.717) is 5.69 Å². The van der Waals surface area contributed by atoms with Crippen molar-refractivity contribution in [3.8, 4) is 0 Å². The number of amides is 1. The molecule has 0 radical (unpaired) electrons. The summed E-state index contributed by atoms with van der Waals surface area (Å²) in [6, 6.07) is 7.40. The highest BCUT2D eigenvalue weighted by Crippen LogP contribution is 2.17. The Morgan fingerprint density at radius 2 is 1.67 bits per heavy atom. The number of nitrogens with zero attached hydrogens (tertiary/aromatic N) is 1. The van der Waals surface area contributed by atoms with Gasteiger partial charge in [0.15, 0.2) is 9.84 Å². The van der Waals surface area contributed by atoms with E-state index in [1.807, 2.05) is 12.1 Å². The summed E-state index contributed by atoms with van der Waals surface area (Å²) in [6.07, 6.45) is 0. The molecule has 0 aromatic heterocycles. The van der Waals surface area contributed by atoms with Crippen LogP contribution >= 0.6 is 0 Å². The first-order valence-electron chi connectivity index (χ1n) is 7.16. The first kappa shape index (κ1) is 17.5. The van der Waals surface area contributed by atoms with Gasteiger partial charge in [0, 0.05) is 24.5 Å². The quantitative estimate of drug-likeness (QED) is 0.839. The molecule has 1 aromatic rings. The zero-order chi connectivity index (χ0) is 16.0. The van der Waals surface area contributed by atoms with Gasteiger partial charge in [-0.2, -0.15) is 0 Å². The van der Waals surface area contributed by atoms with Gasteiger partial charge in [-0.3, -0.25) is 4.79 Å². The molecule has 0 atom stereocenters. The third-order valence-electron chi connectivity index (χ3n) is 3.33. The van der Waals surface area contributed by atoms with Crippen LogP contribution in [0.5, 0.6) is 0 Å². The lowest BCUT2D eigenvalue weighted by molar-refractivity contribution is -0.113. The largest absolute Gasteiger partial charge is 0.372 e. The number of benzene rings is 1. The number of hydrogen-bond acceptors (Lipinski definition) is 4. The van der Waals surface area contributed by atoms with Crippen LogP contribution in [0.1, 0.15) is 27.7 Å². The van der Waals surface area contributed by atoms with Crippen molar-refractivity contribution in [3.05, 3.63) is 24.3 Å². The highest BCUT2D eigenvalue weighted by atomic mass is 32.2. The number of nitrogens with one attached hydrogen (secondary N) is 1. The minimum atomic E-state index is -3.37. The van der Waals surface area contributed by atoms with Crippen molar-refractivity contribution in [2.24, 2.45) is 0 Å². The van der Waals surface area contributed by atoms with Gasteiger partial charge in [-0.1, -0.05) is 0 Å². The molecule has 0 saturated carbocycles. The van der Waals surface area contributed by atoms with Crippen molar-refractivity contribution in [2.45, 2.75) is 32.9 Å². The van der Waals surface area contributed by atoms with Crippen molar-refractivity contribution in [1.82, 2.24) is 0 Å². The third kappa shape index (κ3) is 5.04. The van der Waals surface area contributed by atoms with E-state index in [2.05, 4.69) is 24.1 Å². The molecule has 0 bridgehead atoms. The Balaban J connectivity index is 2.70. The second-order valence-corrected chi connectivity index (χ2v) is 7.68. The van der Waals surface area contributed by atoms with Crippen LogP contribution in [0.2, 0.25) is 0 Å². The van der Waals surface area contributed by atoms with Crippen molar-refractivity contribution < 1.29 is 13.2 Å². The second-order valence-electron chi connectivity index (χ2n) is 5.12. The second kappa shape index (κ2) is 7.45. The fourth-order valence-corrected chi connectivity index (χ4v) is 2.66. The van der Waals surface area contributed by atoms with Crippen LogP contribution in [-0.2, 0) is 14.6 Å². The number of rotatable bonds is 7. The van der Waals surface area contributed by atoms with E-state index in [1.165, 1.54) is 0 Å². The van der Waals surface area contributed by atoms with Crippen LogP contribution in [0.25, 0.3) is 0 Å². The Bertz CT molecular complexity index is 561. The van der Waals surface area contributed by atoms with Crippen LogP contribution in [0, 0.1) is 0 Å². The highest BCUT2D eigenvalue weighted by molar-refractivity contribution is 7.92. The Kier molecular flexibility index (Phi) is 6.20. The molecule has 0 heterocycles. The molecule has 0 spiro atoms. The summed E-state index contributed by atoms with van der Waals surface area (Å²) in [5.41, 5.74) is 1.68. The van der Waals surface area contributed by atoms with Crippen molar-refractivity contribution in [2.75, 3.05) is 29.1 Å². The molecule has 0 unspecified atom stereocenters. The topological polar surface area (TPSA) is 66.5 Å². The maximum absolute atomic E-state index is 11.8. The zero-order valence-corrected chi connectivity index (χ0v) is 13.9. The van der Waals surface area contributed by atoms with Crippen LogP contribution < -0.4 is 10.2 Å². The summed E-state index contributed by atoms with van der Waals surface area (Å²) in [7, 11) is -3.37. The highest BCUT2D eigenvalue weighted by Gasteiger charge is 2.20. The fourth-order valence-electron chi connectivity index (χ4n) is 1.89. The number of carbonyl (C=O) groups is 1. The molecule has 21 heavy (non-hydrogen) atoms. The minimum Gasteiger partial charge on any atom is -0.372 e. The standard InChI is InChI=1S/C15H24N2O3S/c1-5-17(6-2)14-9-7-13(8-10-14)16-15(18)11-21(19,20)12(3)4/h7-10,12H,5-6,11H2,1-4H3,(H,16,18). The third-order valence-corrected chi connectivity index (χ3v) is 5.43. The van der Waals surface area contributed by atoms with Gasteiger partial charge in [-0.25, -0.2) is 8.42 Å². The monoisotopic (exact) mass is 312 g/mol. The molecule has 1 aromatic carbocycles. The van der Waals surface area contributed by atoms with Gasteiger partial charge in [-0.05, 0) is 52.0 Å². The summed E-state index contributed by atoms with van der Waals surface area (Å²) < 4.78 is 23.4. The van der Waals surface area contributed by atoms with Gasteiger partial charge >= 0.3 is 0 Å². The average molecular weight is 312 g/mol. The van der Waals surface area contributed by atoms with Gasteiger partial charge in [0.1, 0.15) is 5.75 Å². The van der Waals surface area contributed by atoms with Gasteiger partial charge in [-0.15, -0.1) is 0 Å². The van der Waals surface area contributed by atoms with E-state index in [1.54, 1.807) is 26.0 Å². The lowest BCUT2D eigenvalue weighted by Gasteiger charge is -2.21. The maximum Gasteiger partial charge on any atom is 0.239 e. The molecule has 1 N–H and O–H groups in total. The molecular weight excluding hydrogens is 288 g/mol. The summed E-state index contributed by atoms with van der Waals surface area (Å²) >= 11 is 0. The first-order chi connectivity index (χ1) is 9.80. The lowest BCUT2D eigenvalue weighted by Crippen LogP contribution is -2.28. The van der Waals surface area contributed by atoms with Crippen molar-refractivity contribution in [3.63, 3.8) is 0 Å². The van der Waals surface area contributed by atoms with E-state index in [0.717, 1.165) is 18.8 Å². The van der Waals surface area contributed by atoms with E-state index in [4.69, 9.17) is 0 Å². The molecule has 1 amide bonds. The van der Waals surface area contributed by atoms with Gasteiger partial charge in [0.2, 0.25) is 5.91 Å². The van der Waals surface area contributed by atoms with Crippen LogP contribution in [-0.4, -0.2) is 38.4 Å². The molecular formula is C15H24N2O3S. The predicted octanol–water partition coefficient (Wildman–Crippen LogP) is 2.29. The van der Waals surface area contributed by atoms with Gasteiger partial charge in [0.25, 0.3) is 0 Å². The Hall–Kier alpha value is -1.56. The smallest absolute Gasteiger partial charge is 0.239 e. The van der Waals surface area contributed by atoms with E-state index in [9.17, 15) is 13.2 Å². The zero-order valence-electron chi connectivity index (χ0n) is 13.1. The van der Waals surface area contributed by atoms with Crippen LogP contribution in [0.4, 0.5) is 11.4 Å². The summed E-state index contributed by atoms with van der Waals surface area (Å²) in [5.74, 6) is -0.984. The van der Waals surface area contributed by atoms with Crippen molar-refractivity contribution >= 4 is 27.1 Å². The fraction of sp³-hybridized carbons (Fsp3) is 0.533. The summed E-state index contributed by atoms with van der Waals surface area (Å²) in [5, 5.41) is 2.07. The predicted molar refractivity (Wildman–Crippen MR) is 87.6 cm³/mol. The molecule has 0 fully saturated rings. The van der Waals surface area contributed by atoms with E-state index >= 15 is 0 Å². The Morgan fingerprint density at radius 1 is 1.14 bits per heavy atom. The number of anilines is 2. The maximum atomic E-state index is 11.8. The number of carbonyl (C=O) groups excluding carboxylic acids is 1. The Labute approximate surface area is 127 Å². The van der Waals surface area contributed by atoms with Crippen molar-refractivity contribution in [1.29, 1.82) is 0 Å². The molecule has 0 saturated heterocycles.